The lowest BCUT2D eigenvalue weighted by Crippen LogP contribution is -2.62. The van der Waals surface area contributed by atoms with E-state index in [9.17, 15) is 38.6 Å². The summed E-state index contributed by atoms with van der Waals surface area (Å²) in [5, 5.41) is 20.8. The molecule has 1 saturated heterocycles. The molecule has 3 heterocycles. The summed E-state index contributed by atoms with van der Waals surface area (Å²) in [5.41, 5.74) is -1.99. The van der Waals surface area contributed by atoms with Crippen LogP contribution in [-0.4, -0.2) is 108 Å². The number of piperazine rings is 1. The van der Waals surface area contributed by atoms with Gasteiger partial charge in [0.05, 0.1) is 29.7 Å². The van der Waals surface area contributed by atoms with Crippen LogP contribution in [0.2, 0.25) is 0 Å². The number of carboxylic acid groups (broad SMARTS) is 1. The number of likely N-dealkylation sites (N-methyl/N-ethyl adjacent to an activating group) is 1. The number of fused-ring (bicyclic) bond motifs is 5. The molecular weight excluding hydrogens is 777 g/mol. The summed E-state index contributed by atoms with van der Waals surface area (Å²) >= 11 is 5.70. The van der Waals surface area contributed by atoms with E-state index in [1.54, 1.807) is 23.6 Å². The summed E-state index contributed by atoms with van der Waals surface area (Å²) < 4.78 is 38.4. The van der Waals surface area contributed by atoms with Crippen LogP contribution in [0.4, 0.5) is 14.9 Å². The highest BCUT2D eigenvalue weighted by atomic mass is 35.5. The van der Waals surface area contributed by atoms with Crippen LogP contribution in [0.1, 0.15) is 76.2 Å². The predicted molar refractivity (Wildman–Crippen MR) is 211 cm³/mol. The van der Waals surface area contributed by atoms with Crippen LogP contribution in [0, 0.1) is 34.4 Å². The molecule has 0 unspecified atom stereocenters. The number of hydrogen-bond donors (Lipinski definition) is 2. The van der Waals surface area contributed by atoms with Crippen molar-refractivity contribution in [3.63, 3.8) is 0 Å². The van der Waals surface area contributed by atoms with Gasteiger partial charge in [0.1, 0.15) is 17.9 Å². The molecule has 6 aliphatic rings. The van der Waals surface area contributed by atoms with Gasteiger partial charge in [0, 0.05) is 49.1 Å². The minimum absolute atomic E-state index is 0.0161. The number of esters is 1. The Morgan fingerprint density at radius 3 is 2.50 bits per heavy atom. The summed E-state index contributed by atoms with van der Waals surface area (Å²) in [6, 6.07) is 0.640. The Labute approximate surface area is 340 Å². The molecule has 2 aliphatic heterocycles. The molecule has 0 bridgehead atoms. The van der Waals surface area contributed by atoms with E-state index in [0.29, 0.717) is 36.5 Å². The number of aliphatic hydroxyl groups is 1. The van der Waals surface area contributed by atoms with Crippen LogP contribution >= 0.6 is 11.6 Å². The van der Waals surface area contributed by atoms with Gasteiger partial charge in [-0.25, -0.2) is 18.8 Å². The number of ether oxygens (including phenoxy) is 4. The van der Waals surface area contributed by atoms with E-state index in [2.05, 4.69) is 11.8 Å². The van der Waals surface area contributed by atoms with Gasteiger partial charge in [0.15, 0.2) is 23.4 Å². The normalized spacial score (nSPS) is 32.4. The first-order chi connectivity index (χ1) is 27.5. The molecule has 3 saturated carbocycles. The van der Waals surface area contributed by atoms with Crippen molar-refractivity contribution in [3.8, 4) is 5.75 Å². The summed E-state index contributed by atoms with van der Waals surface area (Å²) in [6.07, 6.45) is 7.65. The number of benzene rings is 1. The maximum Gasteiger partial charge on any atom is 0.509 e. The molecule has 16 heteroatoms. The fourth-order valence-corrected chi connectivity index (χ4v) is 11.1. The number of rotatable bonds is 6. The third-order valence-corrected chi connectivity index (χ3v) is 14.0. The van der Waals surface area contributed by atoms with Crippen LogP contribution in [-0.2, 0) is 23.8 Å². The minimum Gasteiger partial charge on any atom is -0.487 e. The molecule has 1 aromatic carbocycles. The number of carbonyl (C=O) groups is 4. The van der Waals surface area contributed by atoms with Crippen LogP contribution in [0.15, 0.2) is 40.9 Å². The van der Waals surface area contributed by atoms with E-state index in [1.165, 1.54) is 6.20 Å². The molecule has 0 amide bonds. The molecule has 8 rings (SSSR count). The number of nitrogens with zero attached hydrogens (tertiary/aromatic N) is 3. The highest BCUT2D eigenvalue weighted by molar-refractivity contribution is 6.17. The molecule has 1 aromatic heterocycles. The number of aliphatic hydroxyl groups excluding tert-OH is 1. The molecule has 0 radical (unpaired) electrons. The molecule has 2 aromatic rings. The lowest BCUT2D eigenvalue weighted by atomic mass is 9.46. The monoisotopic (exact) mass is 827 g/mol. The van der Waals surface area contributed by atoms with Crippen molar-refractivity contribution in [2.24, 2.45) is 28.6 Å². The molecule has 58 heavy (non-hydrogen) atoms. The number of aromatic nitrogens is 1. The van der Waals surface area contributed by atoms with Gasteiger partial charge in [-0.05, 0) is 83.1 Å². The number of aromatic carboxylic acids is 1. The van der Waals surface area contributed by atoms with Crippen molar-refractivity contribution in [2.75, 3.05) is 57.4 Å². The van der Waals surface area contributed by atoms with Gasteiger partial charge < -0.3 is 43.5 Å². The molecular formula is C42H51ClFN3O11. The van der Waals surface area contributed by atoms with Crippen molar-refractivity contribution in [2.45, 2.75) is 77.5 Å². The second-order valence-corrected chi connectivity index (χ2v) is 17.1. The highest BCUT2D eigenvalue weighted by Gasteiger charge is 2.71. The number of halogens is 2. The summed E-state index contributed by atoms with van der Waals surface area (Å²) in [7, 11) is 2.02. The van der Waals surface area contributed by atoms with Crippen LogP contribution < -0.4 is 15.1 Å². The lowest BCUT2D eigenvalue weighted by Gasteiger charge is -2.59. The van der Waals surface area contributed by atoms with Crippen LogP contribution in [0.5, 0.6) is 5.75 Å². The van der Waals surface area contributed by atoms with Gasteiger partial charge in [0.25, 0.3) is 0 Å². The number of ketones is 1. The van der Waals surface area contributed by atoms with Crippen LogP contribution in [0.3, 0.4) is 0 Å². The first-order valence-electron chi connectivity index (χ1n) is 19.9. The maximum absolute atomic E-state index is 15.0. The smallest absolute Gasteiger partial charge is 0.487 e. The average molecular weight is 828 g/mol. The Balaban J connectivity index is 0.000000180. The quantitative estimate of drug-likeness (QED) is 0.278. The molecule has 8 atom stereocenters. The van der Waals surface area contributed by atoms with Gasteiger partial charge in [-0.3, -0.25) is 9.59 Å². The first kappa shape index (κ1) is 41.7. The van der Waals surface area contributed by atoms with Gasteiger partial charge in [-0.15, -0.1) is 0 Å². The highest BCUT2D eigenvalue weighted by Crippen LogP contribution is 2.68. The van der Waals surface area contributed by atoms with E-state index in [-0.39, 0.29) is 72.6 Å². The van der Waals surface area contributed by atoms with Crippen molar-refractivity contribution in [1.29, 1.82) is 0 Å². The Kier molecular flexibility index (Phi) is 11.2. The molecule has 14 nitrogen and oxygen atoms in total. The van der Waals surface area contributed by atoms with Crippen molar-refractivity contribution >= 4 is 52.1 Å². The number of carboxylic acids is 1. The average Bonchev–Trinajstić information content (AvgIpc) is 3.46. The Hall–Kier alpha value is -4.47. The van der Waals surface area contributed by atoms with E-state index in [4.69, 9.17) is 30.5 Å². The fraction of sp³-hybridized carbons (Fsp3) is 0.595. The van der Waals surface area contributed by atoms with Gasteiger partial charge in [-0.1, -0.05) is 37.1 Å². The predicted octanol–water partition coefficient (Wildman–Crippen LogP) is 5.46. The molecule has 314 valence electrons. The minimum atomic E-state index is -1.57. The number of hydrogen-bond acceptors (Lipinski definition) is 12. The second-order valence-electron chi connectivity index (χ2n) is 16.9. The van der Waals surface area contributed by atoms with Gasteiger partial charge >= 0.3 is 18.1 Å². The molecule has 2 N–H and O–H groups in total. The van der Waals surface area contributed by atoms with Crippen LogP contribution in [0.25, 0.3) is 10.9 Å². The van der Waals surface area contributed by atoms with E-state index in [0.717, 1.165) is 37.6 Å². The zero-order chi connectivity index (χ0) is 41.9. The number of anilines is 1. The SMILES string of the molecule is CCOC(=O)O[C@]1(C(=O)OCCl)CC[C@H]2[C@@H]3CCC4=CC(=O)C=C[C@]4(C)[C@H]3[C@@H](O)C[C@@]21C.C[C@H]1COc2c(N3CCN(C)CC3)c(F)cc3c(=O)c(C(=O)O)cn1c23. The van der Waals surface area contributed by atoms with E-state index < -0.39 is 51.9 Å². The van der Waals surface area contributed by atoms with Crippen molar-refractivity contribution < 1.29 is 52.7 Å². The van der Waals surface area contributed by atoms with E-state index in [1.807, 2.05) is 31.9 Å². The largest absolute Gasteiger partial charge is 0.509 e. The molecule has 0 spiro atoms. The maximum atomic E-state index is 15.0. The number of pyridine rings is 1. The Bertz CT molecular complexity index is 2150. The first-order valence-corrected chi connectivity index (χ1v) is 20.5. The van der Waals surface area contributed by atoms with E-state index >= 15 is 0 Å². The molecule has 4 fully saturated rings. The topological polar surface area (TPSA) is 174 Å². The second kappa shape index (κ2) is 15.6. The third kappa shape index (κ3) is 6.66. The fourth-order valence-electron chi connectivity index (χ4n) is 11.0. The van der Waals surface area contributed by atoms with Crippen molar-refractivity contribution in [1.82, 2.24) is 9.47 Å². The van der Waals surface area contributed by atoms with Crippen molar-refractivity contribution in [3.05, 3.63) is 57.7 Å². The zero-order valence-electron chi connectivity index (χ0n) is 33.4. The third-order valence-electron chi connectivity index (χ3n) is 13.8. The number of alkyl halides is 1. The Morgan fingerprint density at radius 2 is 1.83 bits per heavy atom. The van der Waals surface area contributed by atoms with Gasteiger partial charge in [0.2, 0.25) is 11.0 Å². The number of allylic oxidation sites excluding steroid dienone is 4. The summed E-state index contributed by atoms with van der Waals surface area (Å²) in [4.78, 5) is 65.6. The summed E-state index contributed by atoms with van der Waals surface area (Å²) in [6.45, 7) is 10.9. The zero-order valence-corrected chi connectivity index (χ0v) is 34.2. The van der Waals surface area contributed by atoms with Gasteiger partial charge in [-0.2, -0.15) is 0 Å². The standard InChI is InChI=1S/C24H31ClO7.C18H20FN3O4/c1-4-30-21(29)32-24(20(28)31-13-25)10-8-17-16-6-5-14-11-15(26)7-9-22(14,2)19(16)18(27)12-23(17,24)3;1-10-9-26-17-14-11(16(23)12(18(24)25)8-22(10)14)7-13(19)15(17)21-5-3-20(2)4-6-21/h7,9,11,16-19,27H,4-6,8,10,12-13H2,1-3H3;7-8,10H,3-6,9H2,1-2H3,(H,24,25)/t16-,17-,18-,19+,22-,23-,24-;10-/m00/s1. The molecule has 4 aliphatic carbocycles. The number of carbonyl (C=O) groups excluding carboxylic acids is 3. The summed E-state index contributed by atoms with van der Waals surface area (Å²) in [5.74, 6) is -2.22. The lowest BCUT2D eigenvalue weighted by molar-refractivity contribution is -0.199. The Morgan fingerprint density at radius 1 is 1.10 bits per heavy atom.